The third kappa shape index (κ3) is 2.65. The maximum atomic E-state index is 4.18. The van der Waals surface area contributed by atoms with Gasteiger partial charge in [0.05, 0.1) is 6.54 Å². The Hall–Kier alpha value is -1.20. The molecule has 0 radical (unpaired) electrons. The minimum atomic E-state index is 0.846. The number of hydrogen-bond acceptors (Lipinski definition) is 4. The molecule has 2 heterocycles. The molecule has 2 aromatic rings. The van der Waals surface area contributed by atoms with Gasteiger partial charge in [0.15, 0.2) is 0 Å². The fraction of sp³-hybridized carbons (Fsp3) is 0.333. The highest BCUT2D eigenvalue weighted by molar-refractivity contribution is 7.09. The summed E-state index contributed by atoms with van der Waals surface area (Å²) in [6.07, 6.45) is 5.58. The lowest BCUT2D eigenvalue weighted by Gasteiger charge is -2.02. The van der Waals surface area contributed by atoms with Crippen LogP contribution in [0.5, 0.6) is 0 Å². The molecule has 0 spiro atoms. The molecule has 0 aliphatic heterocycles. The van der Waals surface area contributed by atoms with Crippen molar-refractivity contribution < 1.29 is 0 Å². The molecule has 5 heteroatoms. The van der Waals surface area contributed by atoms with E-state index in [0.29, 0.717) is 0 Å². The van der Waals surface area contributed by atoms with E-state index in [-0.39, 0.29) is 0 Å². The molecular formula is C9H12N4S. The Kier molecular flexibility index (Phi) is 3.26. The highest BCUT2D eigenvalue weighted by Gasteiger charge is 1.94. The molecule has 74 valence electrons. The lowest BCUT2D eigenvalue weighted by Crippen LogP contribution is -2.19. The van der Waals surface area contributed by atoms with Crippen LogP contribution in [0.3, 0.4) is 0 Å². The van der Waals surface area contributed by atoms with Crippen LogP contribution in [-0.2, 0) is 13.1 Å². The van der Waals surface area contributed by atoms with E-state index >= 15 is 0 Å². The van der Waals surface area contributed by atoms with Gasteiger partial charge in [0.1, 0.15) is 5.01 Å². The van der Waals surface area contributed by atoms with Crippen LogP contribution < -0.4 is 5.32 Å². The Bertz CT molecular complexity index is 305. The second-order valence-electron chi connectivity index (χ2n) is 2.87. The first-order chi connectivity index (χ1) is 6.95. The van der Waals surface area contributed by atoms with E-state index in [4.69, 9.17) is 0 Å². The lowest BCUT2D eigenvalue weighted by molar-refractivity contribution is 0.554. The lowest BCUT2D eigenvalue weighted by atomic mass is 10.5. The summed E-state index contributed by atoms with van der Waals surface area (Å²) < 4.78 is 1.91. The van der Waals surface area contributed by atoms with Crippen LogP contribution in [0, 0.1) is 0 Å². The predicted molar refractivity (Wildman–Crippen MR) is 56.0 cm³/mol. The Balaban J connectivity index is 1.65. The molecule has 0 aromatic carbocycles. The molecular weight excluding hydrogens is 196 g/mol. The normalized spacial score (nSPS) is 10.6. The number of hydrogen-bond donors (Lipinski definition) is 1. The molecule has 0 atom stereocenters. The van der Waals surface area contributed by atoms with Gasteiger partial charge < -0.3 is 5.32 Å². The zero-order chi connectivity index (χ0) is 9.64. The number of nitrogens with one attached hydrogen (secondary N) is 1. The number of rotatable bonds is 5. The van der Waals surface area contributed by atoms with Gasteiger partial charge in [0, 0.05) is 37.1 Å². The van der Waals surface area contributed by atoms with E-state index in [9.17, 15) is 0 Å². The van der Waals surface area contributed by atoms with Crippen molar-refractivity contribution in [1.82, 2.24) is 20.1 Å². The summed E-state index contributed by atoms with van der Waals surface area (Å²) in [6, 6.07) is 1.93. The van der Waals surface area contributed by atoms with Gasteiger partial charge in [0.2, 0.25) is 0 Å². The first-order valence-corrected chi connectivity index (χ1v) is 5.39. The highest BCUT2D eigenvalue weighted by Crippen LogP contribution is 2.02. The average molecular weight is 208 g/mol. The van der Waals surface area contributed by atoms with E-state index in [1.54, 1.807) is 17.5 Å². The van der Waals surface area contributed by atoms with Gasteiger partial charge in [-0.1, -0.05) is 0 Å². The third-order valence-corrected chi connectivity index (χ3v) is 2.62. The Labute approximate surface area is 86.6 Å². The van der Waals surface area contributed by atoms with Gasteiger partial charge in [-0.2, -0.15) is 5.10 Å². The third-order valence-electron chi connectivity index (χ3n) is 1.84. The first kappa shape index (κ1) is 9.36. The topological polar surface area (TPSA) is 42.7 Å². The summed E-state index contributed by atoms with van der Waals surface area (Å²) in [7, 11) is 0. The van der Waals surface area contributed by atoms with Gasteiger partial charge in [-0.05, 0) is 6.07 Å². The minimum absolute atomic E-state index is 0.846. The molecule has 2 aromatic heterocycles. The Morgan fingerprint density at radius 2 is 2.43 bits per heavy atom. The largest absolute Gasteiger partial charge is 0.309 e. The standard InChI is InChI=1S/C9H12N4S/c1-2-12-13(5-1)6-3-10-8-9-11-4-7-14-9/h1-2,4-5,7,10H,3,6,8H2. The van der Waals surface area contributed by atoms with Crippen molar-refractivity contribution in [3.8, 4) is 0 Å². The molecule has 14 heavy (non-hydrogen) atoms. The molecule has 4 nitrogen and oxygen atoms in total. The van der Waals surface area contributed by atoms with Crippen molar-refractivity contribution in [2.75, 3.05) is 6.54 Å². The molecule has 0 saturated heterocycles. The summed E-state index contributed by atoms with van der Waals surface area (Å²) in [6.45, 7) is 2.67. The van der Waals surface area contributed by atoms with Crippen molar-refractivity contribution in [3.05, 3.63) is 35.0 Å². The van der Waals surface area contributed by atoms with Crippen LogP contribution in [0.2, 0.25) is 0 Å². The first-order valence-electron chi connectivity index (χ1n) is 4.51. The maximum absolute atomic E-state index is 4.18. The van der Waals surface area contributed by atoms with Crippen molar-refractivity contribution >= 4 is 11.3 Å². The summed E-state index contributed by atoms with van der Waals surface area (Å²) in [5, 5.41) is 10.5. The van der Waals surface area contributed by atoms with Crippen LogP contribution in [0.1, 0.15) is 5.01 Å². The van der Waals surface area contributed by atoms with Crippen LogP contribution in [0.4, 0.5) is 0 Å². The van der Waals surface area contributed by atoms with Crippen molar-refractivity contribution in [1.29, 1.82) is 0 Å². The van der Waals surface area contributed by atoms with Gasteiger partial charge in [-0.15, -0.1) is 11.3 Å². The molecule has 0 aliphatic rings. The smallest absolute Gasteiger partial charge is 0.106 e. The fourth-order valence-electron chi connectivity index (χ4n) is 1.16. The molecule has 0 bridgehead atoms. The Morgan fingerprint density at radius 1 is 1.43 bits per heavy atom. The number of thiazole rings is 1. The van der Waals surface area contributed by atoms with E-state index in [2.05, 4.69) is 15.4 Å². The predicted octanol–water partition coefficient (Wildman–Crippen LogP) is 1.13. The second kappa shape index (κ2) is 4.88. The van der Waals surface area contributed by atoms with E-state index in [0.717, 1.165) is 24.6 Å². The second-order valence-corrected chi connectivity index (χ2v) is 3.85. The van der Waals surface area contributed by atoms with E-state index < -0.39 is 0 Å². The van der Waals surface area contributed by atoms with Gasteiger partial charge >= 0.3 is 0 Å². The molecule has 0 unspecified atom stereocenters. The van der Waals surface area contributed by atoms with E-state index in [1.807, 2.05) is 28.5 Å². The van der Waals surface area contributed by atoms with Crippen LogP contribution in [0.25, 0.3) is 0 Å². The molecule has 0 aliphatic carbocycles. The fourth-order valence-corrected chi connectivity index (χ4v) is 1.75. The quantitative estimate of drug-likeness (QED) is 0.749. The van der Waals surface area contributed by atoms with Gasteiger partial charge in [-0.3, -0.25) is 4.68 Å². The van der Waals surface area contributed by atoms with Crippen molar-refractivity contribution in [2.24, 2.45) is 0 Å². The molecule has 0 amide bonds. The monoisotopic (exact) mass is 208 g/mol. The Morgan fingerprint density at radius 3 is 3.14 bits per heavy atom. The van der Waals surface area contributed by atoms with Crippen LogP contribution in [-0.4, -0.2) is 21.3 Å². The van der Waals surface area contributed by atoms with Crippen molar-refractivity contribution in [3.63, 3.8) is 0 Å². The van der Waals surface area contributed by atoms with Crippen LogP contribution in [0.15, 0.2) is 30.0 Å². The highest BCUT2D eigenvalue weighted by atomic mass is 32.1. The van der Waals surface area contributed by atoms with Gasteiger partial charge in [0.25, 0.3) is 0 Å². The van der Waals surface area contributed by atoms with E-state index in [1.165, 1.54) is 0 Å². The van der Waals surface area contributed by atoms with Crippen molar-refractivity contribution in [2.45, 2.75) is 13.1 Å². The summed E-state index contributed by atoms with van der Waals surface area (Å²) in [4.78, 5) is 4.18. The summed E-state index contributed by atoms with van der Waals surface area (Å²) in [5.41, 5.74) is 0. The molecule has 0 saturated carbocycles. The SMILES string of the molecule is c1cnn(CCNCc2nccs2)c1. The molecule has 2 rings (SSSR count). The number of nitrogens with zero attached hydrogens (tertiary/aromatic N) is 3. The zero-order valence-corrected chi connectivity index (χ0v) is 8.57. The minimum Gasteiger partial charge on any atom is -0.309 e. The van der Waals surface area contributed by atoms with Crippen LogP contribution >= 0.6 is 11.3 Å². The summed E-state index contributed by atoms with van der Waals surface area (Å²) >= 11 is 1.67. The number of aromatic nitrogens is 3. The van der Waals surface area contributed by atoms with Gasteiger partial charge in [-0.25, -0.2) is 4.98 Å². The average Bonchev–Trinajstić information content (AvgIpc) is 2.86. The maximum Gasteiger partial charge on any atom is 0.106 e. The molecule has 1 N–H and O–H groups in total. The summed E-state index contributed by atoms with van der Waals surface area (Å²) in [5.74, 6) is 0. The molecule has 0 fully saturated rings. The zero-order valence-electron chi connectivity index (χ0n) is 7.76.